The average Bonchev–Trinajstić information content (AvgIpc) is 3.78. The number of hydrogen-bond acceptors (Lipinski definition) is 2. The van der Waals surface area contributed by atoms with Gasteiger partial charge >= 0.3 is 0 Å². The van der Waals surface area contributed by atoms with Crippen LogP contribution in [0, 0.1) is 0 Å². The van der Waals surface area contributed by atoms with Crippen molar-refractivity contribution in [3.05, 3.63) is 261 Å². The van der Waals surface area contributed by atoms with Crippen molar-refractivity contribution in [1.29, 1.82) is 0 Å². The lowest BCUT2D eigenvalue weighted by Crippen LogP contribution is -2.11. The van der Waals surface area contributed by atoms with Crippen LogP contribution >= 0.6 is 11.3 Å². The molecule has 0 aliphatic heterocycles. The molecule has 2 heteroatoms. The molecule has 1 aromatic heterocycles. The van der Waals surface area contributed by atoms with Gasteiger partial charge in [0.05, 0.1) is 5.69 Å². The Morgan fingerprint density at radius 3 is 1.36 bits per heavy atom. The zero-order chi connectivity index (χ0) is 43.8. The Labute approximate surface area is 389 Å². The minimum absolute atomic E-state index is 1.08. The van der Waals surface area contributed by atoms with Crippen LogP contribution in [0.4, 0.5) is 17.1 Å². The fourth-order valence-corrected chi connectivity index (χ4v) is 10.7. The van der Waals surface area contributed by atoms with Crippen molar-refractivity contribution < 1.29 is 0 Å². The molecule has 0 bridgehead atoms. The number of para-hydroxylation sites is 1. The molecule has 12 rings (SSSR count). The van der Waals surface area contributed by atoms with Gasteiger partial charge in [-0.15, -0.1) is 11.3 Å². The van der Waals surface area contributed by atoms with Crippen molar-refractivity contribution in [2.75, 3.05) is 4.90 Å². The lowest BCUT2D eigenvalue weighted by atomic mass is 9.93. The van der Waals surface area contributed by atoms with E-state index in [1.54, 1.807) is 0 Å². The average molecular weight is 858 g/mol. The van der Waals surface area contributed by atoms with E-state index in [0.717, 1.165) is 33.8 Å². The van der Waals surface area contributed by atoms with E-state index in [-0.39, 0.29) is 0 Å². The highest BCUT2D eigenvalue weighted by molar-refractivity contribution is 7.25. The molecule has 0 aliphatic carbocycles. The lowest BCUT2D eigenvalue weighted by molar-refractivity contribution is 1.28. The van der Waals surface area contributed by atoms with E-state index in [2.05, 4.69) is 266 Å². The van der Waals surface area contributed by atoms with E-state index in [9.17, 15) is 0 Å². The molecule has 66 heavy (non-hydrogen) atoms. The summed E-state index contributed by atoms with van der Waals surface area (Å²) in [5.74, 6) is 0. The molecule has 1 nitrogen and oxygen atoms in total. The standard InChI is InChI=1S/C64H43NS/c1-3-15-44(16-4-1)52-40-53(45-17-5-2-6-18-45)42-54(41-52)47-31-36-56(37-32-47)65(55-34-29-46(30-35-55)49-33-38-64-61(43-49)60-25-10-12-28-63(60)66-64)62-27-11-9-24-59(62)51-22-13-21-50(39-51)58-26-14-20-48-19-7-8-23-57(48)58/h1-43H. The number of anilines is 3. The van der Waals surface area contributed by atoms with Crippen LogP contribution in [0.25, 0.3) is 97.7 Å². The van der Waals surface area contributed by atoms with Crippen molar-refractivity contribution in [3.63, 3.8) is 0 Å². The van der Waals surface area contributed by atoms with Crippen LogP contribution in [0.15, 0.2) is 261 Å². The van der Waals surface area contributed by atoms with Crippen molar-refractivity contribution in [1.82, 2.24) is 0 Å². The second-order valence-electron chi connectivity index (χ2n) is 16.9. The molecule has 0 radical (unpaired) electrons. The number of benzene rings is 11. The highest BCUT2D eigenvalue weighted by Gasteiger charge is 2.19. The third-order valence-electron chi connectivity index (χ3n) is 12.9. The summed E-state index contributed by atoms with van der Waals surface area (Å²) in [7, 11) is 0. The van der Waals surface area contributed by atoms with E-state index in [1.807, 2.05) is 11.3 Å². The van der Waals surface area contributed by atoms with E-state index in [4.69, 9.17) is 0 Å². The Morgan fingerprint density at radius 2 is 0.682 bits per heavy atom. The van der Waals surface area contributed by atoms with Gasteiger partial charge in [-0.3, -0.25) is 0 Å². The first-order valence-corrected chi connectivity index (χ1v) is 23.4. The van der Waals surface area contributed by atoms with E-state index in [1.165, 1.54) is 81.0 Å². The molecule has 0 N–H and O–H groups in total. The summed E-state index contributed by atoms with van der Waals surface area (Å²) in [6.07, 6.45) is 0. The van der Waals surface area contributed by atoms with Gasteiger partial charge in [-0.1, -0.05) is 188 Å². The summed E-state index contributed by atoms with van der Waals surface area (Å²) in [5.41, 5.74) is 17.6. The maximum Gasteiger partial charge on any atom is 0.0540 e. The zero-order valence-corrected chi connectivity index (χ0v) is 37.0. The molecule has 0 unspecified atom stereocenters. The monoisotopic (exact) mass is 857 g/mol. The smallest absolute Gasteiger partial charge is 0.0540 e. The number of fused-ring (bicyclic) bond motifs is 4. The Balaban J connectivity index is 0.975. The van der Waals surface area contributed by atoms with Gasteiger partial charge in [0, 0.05) is 37.1 Å². The molecule has 0 saturated heterocycles. The largest absolute Gasteiger partial charge is 0.310 e. The quantitative estimate of drug-likeness (QED) is 0.140. The fourth-order valence-electron chi connectivity index (χ4n) is 9.57. The van der Waals surface area contributed by atoms with E-state index >= 15 is 0 Å². The summed E-state index contributed by atoms with van der Waals surface area (Å²) in [6.45, 7) is 0. The number of nitrogens with zero attached hydrogens (tertiary/aromatic N) is 1. The van der Waals surface area contributed by atoms with Crippen LogP contribution in [0.3, 0.4) is 0 Å². The molecule has 1 heterocycles. The Bertz CT molecular complexity index is 3620. The van der Waals surface area contributed by atoms with Crippen LogP contribution in [0.2, 0.25) is 0 Å². The molecular weight excluding hydrogens is 815 g/mol. The summed E-state index contributed by atoms with van der Waals surface area (Å²) in [4.78, 5) is 2.42. The number of hydrogen-bond donors (Lipinski definition) is 0. The van der Waals surface area contributed by atoms with Gasteiger partial charge in [-0.2, -0.15) is 0 Å². The summed E-state index contributed by atoms with van der Waals surface area (Å²) >= 11 is 1.86. The van der Waals surface area contributed by atoms with Crippen LogP contribution in [-0.2, 0) is 0 Å². The van der Waals surface area contributed by atoms with E-state index in [0.29, 0.717) is 0 Å². The van der Waals surface area contributed by atoms with Crippen LogP contribution in [0.1, 0.15) is 0 Å². The van der Waals surface area contributed by atoms with Crippen molar-refractivity contribution in [2.24, 2.45) is 0 Å². The van der Waals surface area contributed by atoms with Crippen LogP contribution in [-0.4, -0.2) is 0 Å². The molecular formula is C64H43NS. The lowest BCUT2D eigenvalue weighted by Gasteiger charge is -2.28. The highest BCUT2D eigenvalue weighted by Crippen LogP contribution is 2.44. The molecule has 0 amide bonds. The summed E-state index contributed by atoms with van der Waals surface area (Å²) in [5, 5.41) is 5.12. The topological polar surface area (TPSA) is 3.24 Å². The SMILES string of the molecule is c1ccc(-c2cc(-c3ccccc3)cc(-c3ccc(N(c4ccc(-c5ccc6sc7ccccc7c6c5)cc4)c4ccccc4-c4cccc(-c5cccc6ccccc56)c4)cc3)c2)cc1. The van der Waals surface area contributed by atoms with Crippen molar-refractivity contribution in [3.8, 4) is 66.8 Å². The third kappa shape index (κ3) is 7.44. The predicted octanol–water partition coefficient (Wildman–Crippen LogP) is 18.7. The van der Waals surface area contributed by atoms with Gasteiger partial charge in [0.1, 0.15) is 0 Å². The molecule has 310 valence electrons. The summed E-state index contributed by atoms with van der Waals surface area (Å²) in [6, 6.07) is 95.2. The minimum atomic E-state index is 1.08. The number of rotatable bonds is 9. The van der Waals surface area contributed by atoms with Gasteiger partial charge in [-0.25, -0.2) is 0 Å². The fraction of sp³-hybridized carbons (Fsp3) is 0. The molecule has 0 aliphatic rings. The first kappa shape index (κ1) is 39.3. The Hall–Kier alpha value is -8.30. The van der Waals surface area contributed by atoms with Gasteiger partial charge < -0.3 is 4.90 Å². The normalized spacial score (nSPS) is 11.3. The molecule has 0 fully saturated rings. The van der Waals surface area contributed by atoms with Crippen LogP contribution in [0.5, 0.6) is 0 Å². The maximum absolute atomic E-state index is 2.42. The second-order valence-corrected chi connectivity index (χ2v) is 18.0. The second kappa shape index (κ2) is 17.0. The first-order chi connectivity index (χ1) is 32.7. The molecule has 0 atom stereocenters. The molecule has 12 aromatic rings. The number of thiophene rings is 1. The van der Waals surface area contributed by atoms with Gasteiger partial charge in [-0.05, 0) is 145 Å². The third-order valence-corrected chi connectivity index (χ3v) is 14.0. The molecule has 0 spiro atoms. The molecule has 11 aromatic carbocycles. The van der Waals surface area contributed by atoms with Gasteiger partial charge in [0.15, 0.2) is 0 Å². The molecule has 0 saturated carbocycles. The van der Waals surface area contributed by atoms with Gasteiger partial charge in [0.2, 0.25) is 0 Å². The van der Waals surface area contributed by atoms with Crippen LogP contribution < -0.4 is 4.90 Å². The van der Waals surface area contributed by atoms with E-state index < -0.39 is 0 Å². The van der Waals surface area contributed by atoms with Gasteiger partial charge in [0.25, 0.3) is 0 Å². The Kier molecular flexibility index (Phi) is 10.1. The first-order valence-electron chi connectivity index (χ1n) is 22.6. The maximum atomic E-state index is 2.42. The predicted molar refractivity (Wildman–Crippen MR) is 284 cm³/mol. The van der Waals surface area contributed by atoms with Crippen molar-refractivity contribution >= 4 is 59.3 Å². The highest BCUT2D eigenvalue weighted by atomic mass is 32.1. The Morgan fingerprint density at radius 1 is 0.242 bits per heavy atom. The minimum Gasteiger partial charge on any atom is -0.310 e. The summed E-state index contributed by atoms with van der Waals surface area (Å²) < 4.78 is 2.64. The van der Waals surface area contributed by atoms with Crippen molar-refractivity contribution in [2.45, 2.75) is 0 Å². The zero-order valence-electron chi connectivity index (χ0n) is 36.2.